The van der Waals surface area contributed by atoms with Gasteiger partial charge in [-0.15, -0.1) is 23.7 Å². The first kappa shape index (κ1) is 16.0. The molecule has 1 aromatic heterocycles. The van der Waals surface area contributed by atoms with Crippen LogP contribution in [0.2, 0.25) is 0 Å². The van der Waals surface area contributed by atoms with E-state index in [1.54, 1.807) is 11.6 Å². The molecule has 0 aliphatic carbocycles. The number of benzene rings is 2. The highest BCUT2D eigenvalue weighted by Crippen LogP contribution is 2.19. The lowest BCUT2D eigenvalue weighted by Crippen LogP contribution is -2.22. The van der Waals surface area contributed by atoms with Gasteiger partial charge in [-0.05, 0) is 35.9 Å². The molecule has 0 aliphatic heterocycles. The third-order valence-corrected chi connectivity index (χ3v) is 4.25. The summed E-state index contributed by atoms with van der Waals surface area (Å²) in [6, 6.07) is 13.1. The number of ether oxygens (including phenoxy) is 1. The smallest absolute Gasteiger partial charge is 0.251 e. The highest BCUT2D eigenvalue weighted by atomic mass is 32.1. The Hall–Kier alpha value is -2.84. The third-order valence-electron chi connectivity index (χ3n) is 3.46. The van der Waals surface area contributed by atoms with Gasteiger partial charge in [0.2, 0.25) is 0 Å². The topological polar surface area (TPSA) is 51.2 Å². The van der Waals surface area contributed by atoms with Gasteiger partial charge in [-0.25, -0.2) is 4.98 Å². The predicted octanol–water partition coefficient (Wildman–Crippen LogP) is 3.63. The van der Waals surface area contributed by atoms with Crippen LogP contribution in [0.25, 0.3) is 10.2 Å². The molecule has 0 atom stereocenters. The molecule has 5 heteroatoms. The largest absolute Gasteiger partial charge is 0.493 e. The van der Waals surface area contributed by atoms with E-state index in [1.807, 2.05) is 36.4 Å². The van der Waals surface area contributed by atoms with E-state index in [9.17, 15) is 4.79 Å². The minimum atomic E-state index is -0.107. The highest BCUT2D eigenvalue weighted by Gasteiger charge is 2.07. The Labute approximate surface area is 144 Å². The second kappa shape index (κ2) is 7.62. The van der Waals surface area contributed by atoms with Crippen molar-refractivity contribution in [3.63, 3.8) is 0 Å². The number of hydrogen-bond acceptors (Lipinski definition) is 4. The number of carbonyl (C=O) groups is 1. The standard InChI is InChI=1S/C19H16N2O2S/c1-2-3-9-23-16-6-4-5-14(10-16)12-20-19(22)15-7-8-17-18(11-15)24-13-21-17/h1,4-8,10-11,13H,3,9,12H2,(H,20,22). The number of amides is 1. The van der Waals surface area contributed by atoms with Crippen molar-refractivity contribution in [2.75, 3.05) is 6.61 Å². The predicted molar refractivity (Wildman–Crippen MR) is 96.2 cm³/mol. The normalized spacial score (nSPS) is 10.3. The van der Waals surface area contributed by atoms with Gasteiger partial charge in [0.15, 0.2) is 0 Å². The van der Waals surface area contributed by atoms with Crippen LogP contribution in [0.4, 0.5) is 0 Å². The fourth-order valence-electron chi connectivity index (χ4n) is 2.25. The van der Waals surface area contributed by atoms with E-state index in [-0.39, 0.29) is 5.91 Å². The van der Waals surface area contributed by atoms with Gasteiger partial charge in [-0.2, -0.15) is 0 Å². The zero-order valence-electron chi connectivity index (χ0n) is 13.0. The maximum absolute atomic E-state index is 12.3. The fourth-order valence-corrected chi connectivity index (χ4v) is 2.97. The van der Waals surface area contributed by atoms with E-state index >= 15 is 0 Å². The van der Waals surface area contributed by atoms with Gasteiger partial charge < -0.3 is 10.1 Å². The summed E-state index contributed by atoms with van der Waals surface area (Å²) in [4.78, 5) is 16.5. The van der Waals surface area contributed by atoms with Crippen molar-refractivity contribution in [1.82, 2.24) is 10.3 Å². The Bertz CT molecular complexity index is 896. The quantitative estimate of drug-likeness (QED) is 0.552. The molecule has 120 valence electrons. The monoisotopic (exact) mass is 336 g/mol. The van der Waals surface area contributed by atoms with Crippen LogP contribution in [0.15, 0.2) is 48.0 Å². The van der Waals surface area contributed by atoms with E-state index in [0.29, 0.717) is 25.1 Å². The molecule has 1 N–H and O–H groups in total. The SMILES string of the molecule is C#CCCOc1cccc(CNC(=O)c2ccc3ncsc3c2)c1. The lowest BCUT2D eigenvalue weighted by atomic mass is 10.2. The number of nitrogens with zero attached hydrogens (tertiary/aromatic N) is 1. The number of aromatic nitrogens is 1. The number of thiazole rings is 1. The van der Waals surface area contributed by atoms with Gasteiger partial charge in [0, 0.05) is 18.5 Å². The third kappa shape index (κ3) is 3.92. The average molecular weight is 336 g/mol. The first-order chi connectivity index (χ1) is 11.8. The maximum atomic E-state index is 12.3. The summed E-state index contributed by atoms with van der Waals surface area (Å²) in [6.45, 7) is 0.924. The van der Waals surface area contributed by atoms with E-state index in [1.165, 1.54) is 11.3 Å². The Kier molecular flexibility index (Phi) is 5.09. The first-order valence-corrected chi connectivity index (χ1v) is 8.41. The van der Waals surface area contributed by atoms with Gasteiger partial charge in [0.25, 0.3) is 5.91 Å². The molecule has 1 heterocycles. The van der Waals surface area contributed by atoms with Crippen LogP contribution in [0.1, 0.15) is 22.3 Å². The molecule has 1 amide bonds. The molecule has 0 aliphatic rings. The van der Waals surface area contributed by atoms with Crippen molar-refractivity contribution >= 4 is 27.5 Å². The molecule has 3 aromatic rings. The summed E-state index contributed by atoms with van der Waals surface area (Å²) in [5.41, 5.74) is 4.29. The number of terminal acetylenes is 1. The molecule has 4 nitrogen and oxygen atoms in total. The molecule has 2 aromatic carbocycles. The Morgan fingerprint density at radius 1 is 1.29 bits per heavy atom. The number of carbonyl (C=O) groups excluding carboxylic acids is 1. The molecular weight excluding hydrogens is 320 g/mol. The molecule has 0 saturated heterocycles. The van der Waals surface area contributed by atoms with Gasteiger partial charge in [0.1, 0.15) is 5.75 Å². The lowest BCUT2D eigenvalue weighted by molar-refractivity contribution is 0.0951. The van der Waals surface area contributed by atoms with Crippen molar-refractivity contribution in [2.45, 2.75) is 13.0 Å². The first-order valence-electron chi connectivity index (χ1n) is 7.53. The van der Waals surface area contributed by atoms with E-state index in [4.69, 9.17) is 11.2 Å². The zero-order chi connectivity index (χ0) is 16.8. The minimum Gasteiger partial charge on any atom is -0.493 e. The van der Waals surface area contributed by atoms with Gasteiger partial charge in [-0.3, -0.25) is 4.79 Å². The molecule has 3 rings (SSSR count). The van der Waals surface area contributed by atoms with Crippen LogP contribution < -0.4 is 10.1 Å². The molecule has 0 fully saturated rings. The van der Waals surface area contributed by atoms with Gasteiger partial charge in [-0.1, -0.05) is 12.1 Å². The summed E-state index contributed by atoms with van der Waals surface area (Å²) in [6.07, 6.45) is 5.78. The van der Waals surface area contributed by atoms with Crippen molar-refractivity contribution < 1.29 is 9.53 Å². The number of hydrogen-bond donors (Lipinski definition) is 1. The van der Waals surface area contributed by atoms with Gasteiger partial charge in [0.05, 0.1) is 22.3 Å². The molecule has 24 heavy (non-hydrogen) atoms. The summed E-state index contributed by atoms with van der Waals surface area (Å²) in [5, 5.41) is 2.92. The molecule has 0 unspecified atom stereocenters. The van der Waals surface area contributed by atoms with Gasteiger partial charge >= 0.3 is 0 Å². The highest BCUT2D eigenvalue weighted by molar-refractivity contribution is 7.16. The Balaban J connectivity index is 1.61. The lowest BCUT2D eigenvalue weighted by Gasteiger charge is -2.08. The van der Waals surface area contributed by atoms with Crippen molar-refractivity contribution in [3.8, 4) is 18.1 Å². The van der Waals surface area contributed by atoms with Crippen LogP contribution in [0, 0.1) is 12.3 Å². The van der Waals surface area contributed by atoms with Crippen LogP contribution >= 0.6 is 11.3 Å². The fraction of sp³-hybridized carbons (Fsp3) is 0.158. The number of fused-ring (bicyclic) bond motifs is 1. The molecule has 0 radical (unpaired) electrons. The van der Waals surface area contributed by atoms with Crippen molar-refractivity contribution in [1.29, 1.82) is 0 Å². The van der Waals surface area contributed by atoms with Crippen LogP contribution in [-0.2, 0) is 6.54 Å². The van der Waals surface area contributed by atoms with E-state index < -0.39 is 0 Å². The summed E-state index contributed by atoms with van der Waals surface area (Å²) < 4.78 is 6.56. The van der Waals surface area contributed by atoms with Crippen LogP contribution in [0.3, 0.4) is 0 Å². The summed E-state index contributed by atoms with van der Waals surface area (Å²) in [5.74, 6) is 3.18. The second-order valence-electron chi connectivity index (χ2n) is 5.17. The Morgan fingerprint density at radius 2 is 2.21 bits per heavy atom. The van der Waals surface area contributed by atoms with E-state index in [2.05, 4.69) is 16.2 Å². The summed E-state index contributed by atoms with van der Waals surface area (Å²) >= 11 is 1.52. The Morgan fingerprint density at radius 3 is 3.08 bits per heavy atom. The maximum Gasteiger partial charge on any atom is 0.251 e. The zero-order valence-corrected chi connectivity index (χ0v) is 13.8. The summed E-state index contributed by atoms with van der Waals surface area (Å²) in [7, 11) is 0. The number of nitrogens with one attached hydrogen (secondary N) is 1. The molecule has 0 saturated carbocycles. The molecular formula is C19H16N2O2S. The average Bonchev–Trinajstić information content (AvgIpc) is 3.08. The minimum absolute atomic E-state index is 0.107. The molecule has 0 bridgehead atoms. The van der Waals surface area contributed by atoms with Crippen molar-refractivity contribution in [2.24, 2.45) is 0 Å². The second-order valence-corrected chi connectivity index (χ2v) is 6.05. The van der Waals surface area contributed by atoms with Crippen molar-refractivity contribution in [3.05, 3.63) is 59.1 Å². The molecule has 0 spiro atoms. The van der Waals surface area contributed by atoms with Crippen LogP contribution in [-0.4, -0.2) is 17.5 Å². The van der Waals surface area contributed by atoms with E-state index in [0.717, 1.165) is 21.5 Å². The number of rotatable bonds is 6. The van der Waals surface area contributed by atoms with Crippen LogP contribution in [0.5, 0.6) is 5.75 Å².